The number of unbranched alkanes of at least 4 members (excludes halogenated alkanes) is 2. The number of carbonyl (C=O) groups excluding carboxylic acids is 8. The molecule has 0 aliphatic carbocycles. The maximum atomic E-state index is 13.5. The summed E-state index contributed by atoms with van der Waals surface area (Å²) in [4.78, 5) is 99.4. The Morgan fingerprint density at radius 1 is 0.849 bits per heavy atom. The summed E-state index contributed by atoms with van der Waals surface area (Å²) in [7, 11) is -4.79. The predicted molar refractivity (Wildman–Crippen MR) is 189 cm³/mol. The number of carbonyl (C=O) groups is 8. The maximum absolute atomic E-state index is 13.5. The van der Waals surface area contributed by atoms with Crippen LogP contribution in [-0.2, 0) is 55.0 Å². The van der Waals surface area contributed by atoms with Crippen LogP contribution >= 0.6 is 0 Å². The Kier molecular flexibility index (Phi) is 17.5. The molecular formula is C33H47N7O12S. The van der Waals surface area contributed by atoms with Crippen molar-refractivity contribution in [3.8, 4) is 0 Å². The first-order chi connectivity index (χ1) is 24.9. The number of amides is 8. The summed E-state index contributed by atoms with van der Waals surface area (Å²) >= 11 is 0. The molecule has 0 saturated carbocycles. The van der Waals surface area contributed by atoms with Crippen molar-refractivity contribution >= 4 is 63.2 Å². The highest BCUT2D eigenvalue weighted by molar-refractivity contribution is 7.85. The van der Waals surface area contributed by atoms with E-state index in [1.54, 1.807) is 38.1 Å². The number of nitrogens with zero attached hydrogens (tertiary/aromatic N) is 1. The number of urea groups is 1. The third kappa shape index (κ3) is 16.7. The number of rotatable bonds is 22. The van der Waals surface area contributed by atoms with Crippen LogP contribution in [0.3, 0.4) is 0 Å². The number of esters is 1. The van der Waals surface area contributed by atoms with Crippen LogP contribution in [0.1, 0.15) is 64.9 Å². The van der Waals surface area contributed by atoms with Crippen molar-refractivity contribution in [3.05, 3.63) is 42.0 Å². The van der Waals surface area contributed by atoms with Crippen LogP contribution in [0.25, 0.3) is 0 Å². The highest BCUT2D eigenvalue weighted by Gasteiger charge is 2.33. The summed E-state index contributed by atoms with van der Waals surface area (Å²) in [5.74, 6) is -6.43. The van der Waals surface area contributed by atoms with Crippen LogP contribution in [-0.4, -0.2) is 102 Å². The molecule has 1 heterocycles. The summed E-state index contributed by atoms with van der Waals surface area (Å²) < 4.78 is 38.0. The molecule has 0 radical (unpaired) electrons. The lowest BCUT2D eigenvalue weighted by Crippen LogP contribution is -2.59. The normalized spacial score (nSPS) is 14.2. The van der Waals surface area contributed by atoms with E-state index in [0.29, 0.717) is 24.1 Å². The fourth-order valence-corrected chi connectivity index (χ4v) is 5.64. The lowest BCUT2D eigenvalue weighted by Gasteiger charge is -2.27. The van der Waals surface area contributed by atoms with E-state index in [4.69, 9.17) is 10.5 Å². The molecule has 8 N–H and O–H groups in total. The second kappa shape index (κ2) is 21.2. The third-order valence-electron chi connectivity index (χ3n) is 7.73. The fourth-order valence-electron chi connectivity index (χ4n) is 4.98. The average molecular weight is 766 g/mol. The SMILES string of the molecule is CC(=O)OCc1ccc(NC(=O)[C@@H](CCCNC(N)=O)NC(=O)[C@H](NC(=O)[C@@H](CS(=O)(=O)O)NC(=O)CCCCCN2C(=O)C=CC2=O)C(C)C)cc1. The number of imide groups is 1. The van der Waals surface area contributed by atoms with E-state index in [9.17, 15) is 51.3 Å². The topological polar surface area (TPSA) is 290 Å². The van der Waals surface area contributed by atoms with Crippen molar-refractivity contribution in [1.82, 2.24) is 26.2 Å². The molecule has 0 bridgehead atoms. The van der Waals surface area contributed by atoms with E-state index in [1.165, 1.54) is 6.92 Å². The number of primary amides is 1. The quantitative estimate of drug-likeness (QED) is 0.0344. The number of hydrogen-bond acceptors (Lipinski definition) is 11. The second-order valence-electron chi connectivity index (χ2n) is 12.5. The van der Waals surface area contributed by atoms with Crippen LogP contribution in [0.2, 0.25) is 0 Å². The van der Waals surface area contributed by atoms with E-state index in [0.717, 1.165) is 17.1 Å². The van der Waals surface area contributed by atoms with Gasteiger partial charge in [0.25, 0.3) is 21.9 Å². The minimum atomic E-state index is -4.79. The molecule has 0 aromatic heterocycles. The molecule has 8 amide bonds. The molecule has 1 aliphatic rings. The van der Waals surface area contributed by atoms with Crippen LogP contribution in [0.5, 0.6) is 0 Å². The lowest BCUT2D eigenvalue weighted by atomic mass is 10.0. The standard InChI is InChI=1S/C33H47N7O12S/c1-20(2)29(39-31(46)25(19-53(49,50)51)37-26(42)9-5-4-6-17-40-27(43)14-15-28(40)44)32(47)38-24(8-7-16-35-33(34)48)30(45)36-23-12-10-22(11-13-23)18-52-21(3)41/h10-15,20,24-25,29H,4-9,16-19H2,1-3H3,(H,36,45)(H,37,42)(H,38,47)(H,39,46)(H3,34,35,48)(H,49,50,51)/t24-,25-,29-/m1/s1. The van der Waals surface area contributed by atoms with Crippen molar-refractivity contribution in [1.29, 1.82) is 0 Å². The minimum absolute atomic E-state index is 0.0180. The minimum Gasteiger partial charge on any atom is -0.461 e. The average Bonchev–Trinajstić information content (AvgIpc) is 3.38. The van der Waals surface area contributed by atoms with Gasteiger partial charge in [0.05, 0.1) is 0 Å². The Balaban J connectivity index is 2.08. The van der Waals surface area contributed by atoms with E-state index >= 15 is 0 Å². The van der Waals surface area contributed by atoms with Crippen LogP contribution in [0.4, 0.5) is 10.5 Å². The highest BCUT2D eigenvalue weighted by atomic mass is 32.2. The molecule has 0 spiro atoms. The fraction of sp³-hybridized carbons (Fsp3) is 0.515. The van der Waals surface area contributed by atoms with Crippen LogP contribution in [0.15, 0.2) is 36.4 Å². The monoisotopic (exact) mass is 765 g/mol. The Morgan fingerprint density at radius 2 is 1.49 bits per heavy atom. The van der Waals surface area contributed by atoms with Gasteiger partial charge >= 0.3 is 12.0 Å². The van der Waals surface area contributed by atoms with E-state index in [2.05, 4.69) is 26.6 Å². The smallest absolute Gasteiger partial charge is 0.312 e. The van der Waals surface area contributed by atoms with Crippen molar-refractivity contribution in [2.24, 2.45) is 11.7 Å². The van der Waals surface area contributed by atoms with Gasteiger partial charge in [-0.1, -0.05) is 32.4 Å². The molecule has 53 heavy (non-hydrogen) atoms. The highest BCUT2D eigenvalue weighted by Crippen LogP contribution is 2.13. The van der Waals surface area contributed by atoms with E-state index in [1.807, 2.05) is 0 Å². The van der Waals surface area contributed by atoms with E-state index in [-0.39, 0.29) is 45.4 Å². The van der Waals surface area contributed by atoms with Gasteiger partial charge in [-0.15, -0.1) is 0 Å². The summed E-state index contributed by atoms with van der Waals surface area (Å²) in [5, 5.41) is 12.3. The van der Waals surface area contributed by atoms with E-state index < -0.39 is 87.4 Å². The number of hydrogen-bond donors (Lipinski definition) is 7. The van der Waals surface area contributed by atoms with Gasteiger partial charge in [0.2, 0.25) is 23.6 Å². The maximum Gasteiger partial charge on any atom is 0.312 e. The number of anilines is 1. The van der Waals surface area contributed by atoms with Gasteiger partial charge in [0.15, 0.2) is 0 Å². The zero-order chi connectivity index (χ0) is 39.7. The first kappa shape index (κ1) is 43.8. The Bertz CT molecular complexity index is 1630. The van der Waals surface area contributed by atoms with Gasteiger partial charge in [-0.2, -0.15) is 8.42 Å². The first-order valence-electron chi connectivity index (χ1n) is 16.8. The molecule has 0 unspecified atom stereocenters. The number of ether oxygens (including phenoxy) is 1. The molecule has 1 aromatic rings. The van der Waals surface area contributed by atoms with Gasteiger partial charge in [0, 0.05) is 44.3 Å². The van der Waals surface area contributed by atoms with Crippen molar-refractivity contribution in [2.75, 3.05) is 24.2 Å². The Labute approximate surface area is 306 Å². The second-order valence-corrected chi connectivity index (χ2v) is 14.0. The molecule has 19 nitrogen and oxygen atoms in total. The molecule has 1 aromatic carbocycles. The van der Waals surface area contributed by atoms with Crippen molar-refractivity contribution in [2.45, 2.75) is 84.0 Å². The summed E-state index contributed by atoms with van der Waals surface area (Å²) in [6, 6.07) is 1.24. The Morgan fingerprint density at radius 3 is 2.06 bits per heavy atom. The van der Waals surface area contributed by atoms with Gasteiger partial charge < -0.3 is 37.1 Å². The molecular weight excluding hydrogens is 718 g/mol. The molecule has 2 rings (SSSR count). The predicted octanol–water partition coefficient (Wildman–Crippen LogP) is -0.380. The van der Waals surface area contributed by atoms with Crippen molar-refractivity contribution < 1.29 is 56.1 Å². The number of nitrogens with two attached hydrogens (primary N) is 1. The van der Waals surface area contributed by atoms with Crippen LogP contribution < -0.4 is 32.3 Å². The molecule has 1 aliphatic heterocycles. The molecule has 20 heteroatoms. The summed E-state index contributed by atoms with van der Waals surface area (Å²) in [6.07, 6.45) is 3.47. The third-order valence-corrected chi connectivity index (χ3v) is 8.48. The van der Waals surface area contributed by atoms with Gasteiger partial charge in [-0.25, -0.2) is 4.79 Å². The molecule has 292 valence electrons. The summed E-state index contributed by atoms with van der Waals surface area (Å²) in [6.45, 7) is 4.67. The zero-order valence-corrected chi connectivity index (χ0v) is 30.5. The van der Waals surface area contributed by atoms with Gasteiger partial charge in [-0.3, -0.25) is 43.0 Å². The summed E-state index contributed by atoms with van der Waals surface area (Å²) in [5.41, 5.74) is 6.12. The first-order valence-corrected chi connectivity index (χ1v) is 18.4. The largest absolute Gasteiger partial charge is 0.461 e. The van der Waals surface area contributed by atoms with Crippen molar-refractivity contribution in [3.63, 3.8) is 0 Å². The van der Waals surface area contributed by atoms with Gasteiger partial charge in [-0.05, 0) is 49.3 Å². The van der Waals surface area contributed by atoms with Gasteiger partial charge in [0.1, 0.15) is 30.5 Å². The Hall–Kier alpha value is -5.37. The molecule has 3 atom stereocenters. The molecule has 0 saturated heterocycles. The molecule has 0 fully saturated rings. The number of benzene rings is 1. The zero-order valence-electron chi connectivity index (χ0n) is 29.7. The van der Waals surface area contributed by atoms with Crippen LogP contribution in [0, 0.1) is 5.92 Å². The number of nitrogens with one attached hydrogen (secondary N) is 5. The lowest BCUT2D eigenvalue weighted by molar-refractivity contribution is -0.142.